The minimum absolute atomic E-state index is 0.0341. The van der Waals surface area contributed by atoms with E-state index >= 15 is 0 Å². The molecule has 2 aromatic heterocycles. The summed E-state index contributed by atoms with van der Waals surface area (Å²) in [5.41, 5.74) is 8.21. The van der Waals surface area contributed by atoms with Gasteiger partial charge in [0.05, 0.1) is 17.5 Å². The van der Waals surface area contributed by atoms with Crippen molar-refractivity contribution in [2.75, 3.05) is 0 Å². The van der Waals surface area contributed by atoms with Gasteiger partial charge in [-0.05, 0) is 85.4 Å². The second kappa shape index (κ2) is 11.7. The number of nitrogens with zero attached hydrogens (tertiary/aromatic N) is 3. The molecule has 0 aliphatic heterocycles. The van der Waals surface area contributed by atoms with Gasteiger partial charge in [0.1, 0.15) is 5.82 Å². The predicted octanol–water partition coefficient (Wildman–Crippen LogP) is 5.66. The van der Waals surface area contributed by atoms with E-state index in [-0.39, 0.29) is 5.56 Å². The first kappa shape index (κ1) is 27.6. The summed E-state index contributed by atoms with van der Waals surface area (Å²) in [6.45, 7) is 4.03. The number of aromatic amines is 1. The average molecular weight is 563 g/mol. The Morgan fingerprint density at radius 3 is 2.52 bits per heavy atom. The Morgan fingerprint density at radius 1 is 1.00 bits per heavy atom. The zero-order valence-corrected chi connectivity index (χ0v) is 23.9. The molecule has 1 unspecified atom stereocenters. The first-order valence-corrected chi connectivity index (χ1v) is 14.6. The van der Waals surface area contributed by atoms with Crippen molar-refractivity contribution < 1.29 is 9.63 Å². The molecule has 0 spiro atoms. The Hall–Kier alpha value is -4.56. The Bertz CT molecular complexity index is 1850. The number of aromatic nitrogens is 4. The molecule has 8 heteroatoms. The van der Waals surface area contributed by atoms with E-state index in [9.17, 15) is 14.7 Å². The second-order valence-corrected chi connectivity index (χ2v) is 11.0. The highest BCUT2D eigenvalue weighted by Crippen LogP contribution is 2.33. The van der Waals surface area contributed by atoms with Crippen molar-refractivity contribution in [2.45, 2.75) is 64.9 Å². The lowest BCUT2D eigenvalue weighted by Gasteiger charge is -2.17. The lowest BCUT2D eigenvalue weighted by atomic mass is 9.96. The van der Waals surface area contributed by atoms with Gasteiger partial charge in [0.15, 0.2) is 5.82 Å². The number of hydrogen-bond donors (Lipinski definition) is 2. The normalized spacial score (nSPS) is 14.3. The van der Waals surface area contributed by atoms with Gasteiger partial charge < -0.3 is 5.11 Å². The van der Waals surface area contributed by atoms with Crippen LogP contribution in [0.5, 0.6) is 0 Å². The van der Waals surface area contributed by atoms with Gasteiger partial charge in [-0.15, -0.1) is 0 Å². The van der Waals surface area contributed by atoms with Crippen LogP contribution in [-0.4, -0.2) is 24.8 Å². The van der Waals surface area contributed by atoms with Crippen LogP contribution in [0.3, 0.4) is 0 Å². The van der Waals surface area contributed by atoms with E-state index in [1.807, 2.05) is 61.5 Å². The maximum Gasteiger partial charge on any atom is 0.439 e. The van der Waals surface area contributed by atoms with Crippen molar-refractivity contribution in [2.24, 2.45) is 0 Å². The molecule has 0 saturated carbocycles. The molecule has 42 heavy (non-hydrogen) atoms. The number of fused-ring (bicyclic) bond motifs is 1. The number of aliphatic hydroxyl groups excluding tert-OH is 1. The highest BCUT2D eigenvalue weighted by Gasteiger charge is 2.22. The minimum Gasteiger partial charge on any atom is -0.388 e. The zero-order chi connectivity index (χ0) is 29.2. The molecular weight excluding hydrogens is 528 g/mol. The molecule has 0 radical (unpaired) electrons. The van der Waals surface area contributed by atoms with E-state index in [4.69, 9.17) is 9.51 Å². The molecule has 0 bridgehead atoms. The quantitative estimate of drug-likeness (QED) is 0.240. The molecule has 2 heterocycles. The standard InChI is InChI=1S/C34H34N4O4/c1-3-4-9-30-28(33(40)38(21(2)35-30)25-17-15-24-16-19-31(39)29(24)20-25)18-12-22-10-13-23(14-11-22)26-7-5-6-8-27(26)32-36-34(41)42-37-32/h5-8,10-11,13-15,17,20,31,39H,3-4,9,12,16,18-19H2,1-2H3,(H,36,37,41). The fourth-order valence-electron chi connectivity index (χ4n) is 5.94. The number of aryl methyl sites for hydroxylation is 4. The van der Waals surface area contributed by atoms with E-state index < -0.39 is 11.9 Å². The summed E-state index contributed by atoms with van der Waals surface area (Å²) in [4.78, 5) is 33.1. The Labute approximate surface area is 243 Å². The first-order valence-electron chi connectivity index (χ1n) is 14.6. The molecule has 1 aliphatic rings. The fourth-order valence-corrected chi connectivity index (χ4v) is 5.94. The molecule has 0 fully saturated rings. The maximum absolute atomic E-state index is 14.0. The average Bonchev–Trinajstić information content (AvgIpc) is 3.61. The van der Waals surface area contributed by atoms with Crippen molar-refractivity contribution in [3.8, 4) is 28.2 Å². The number of rotatable bonds is 9. The molecule has 3 aromatic carbocycles. The molecule has 1 atom stereocenters. The summed E-state index contributed by atoms with van der Waals surface area (Å²) < 4.78 is 6.41. The molecule has 2 N–H and O–H groups in total. The van der Waals surface area contributed by atoms with Crippen LogP contribution in [0.2, 0.25) is 0 Å². The molecule has 8 nitrogen and oxygen atoms in total. The molecule has 0 amide bonds. The van der Waals surface area contributed by atoms with E-state index in [1.165, 1.54) is 0 Å². The lowest BCUT2D eigenvalue weighted by Crippen LogP contribution is -2.28. The van der Waals surface area contributed by atoms with Gasteiger partial charge >= 0.3 is 5.76 Å². The monoisotopic (exact) mass is 562 g/mol. The first-order chi connectivity index (χ1) is 20.4. The Morgan fingerprint density at radius 2 is 1.79 bits per heavy atom. The van der Waals surface area contributed by atoms with Gasteiger partial charge in [0.2, 0.25) is 0 Å². The van der Waals surface area contributed by atoms with E-state index in [0.29, 0.717) is 24.5 Å². The maximum atomic E-state index is 14.0. The van der Waals surface area contributed by atoms with Crippen molar-refractivity contribution >= 4 is 0 Å². The summed E-state index contributed by atoms with van der Waals surface area (Å²) in [5, 5.41) is 14.3. The number of unbranched alkanes of at least 4 members (excludes halogenated alkanes) is 1. The number of benzene rings is 3. The van der Waals surface area contributed by atoms with Crippen molar-refractivity contribution in [1.82, 2.24) is 19.7 Å². The van der Waals surface area contributed by atoms with Crippen LogP contribution in [-0.2, 0) is 25.7 Å². The summed E-state index contributed by atoms with van der Waals surface area (Å²) in [7, 11) is 0. The number of nitrogens with one attached hydrogen (secondary N) is 1. The van der Waals surface area contributed by atoms with E-state index in [0.717, 1.165) is 82.4 Å². The van der Waals surface area contributed by atoms with Gasteiger partial charge in [-0.3, -0.25) is 18.9 Å². The van der Waals surface area contributed by atoms with Gasteiger partial charge in [-0.2, -0.15) is 0 Å². The van der Waals surface area contributed by atoms with Crippen molar-refractivity contribution in [3.05, 3.63) is 121 Å². The number of H-pyrrole nitrogens is 1. The third-order valence-electron chi connectivity index (χ3n) is 8.18. The zero-order valence-electron chi connectivity index (χ0n) is 23.9. The number of aliphatic hydroxyl groups is 1. The van der Waals surface area contributed by atoms with Crippen LogP contribution in [0.25, 0.3) is 28.2 Å². The smallest absolute Gasteiger partial charge is 0.388 e. The van der Waals surface area contributed by atoms with Crippen LogP contribution >= 0.6 is 0 Å². The second-order valence-electron chi connectivity index (χ2n) is 11.0. The van der Waals surface area contributed by atoms with Gasteiger partial charge in [-0.1, -0.05) is 73.1 Å². The minimum atomic E-state index is -0.591. The highest BCUT2D eigenvalue weighted by molar-refractivity contribution is 5.80. The third-order valence-corrected chi connectivity index (χ3v) is 8.18. The summed E-state index contributed by atoms with van der Waals surface area (Å²) >= 11 is 0. The van der Waals surface area contributed by atoms with Crippen molar-refractivity contribution in [1.29, 1.82) is 0 Å². The largest absolute Gasteiger partial charge is 0.439 e. The molecule has 0 saturated heterocycles. The Kier molecular flexibility index (Phi) is 7.71. The Balaban J connectivity index is 1.29. The molecule has 6 rings (SSSR count). The van der Waals surface area contributed by atoms with Crippen LogP contribution in [0, 0.1) is 6.92 Å². The van der Waals surface area contributed by atoms with E-state index in [2.05, 4.69) is 29.2 Å². The SMILES string of the molecule is CCCCc1nc(C)n(-c2ccc3c(c2)C(O)CC3)c(=O)c1CCc1ccc(-c2ccccc2-c2noc(=O)[nH]2)cc1. The predicted molar refractivity (Wildman–Crippen MR) is 162 cm³/mol. The fraction of sp³-hybridized carbons (Fsp3) is 0.294. The summed E-state index contributed by atoms with van der Waals surface area (Å²) in [6.07, 6.45) is 5.13. The third kappa shape index (κ3) is 5.37. The van der Waals surface area contributed by atoms with Gasteiger partial charge in [0.25, 0.3) is 5.56 Å². The van der Waals surface area contributed by atoms with Gasteiger partial charge in [0, 0.05) is 11.1 Å². The van der Waals surface area contributed by atoms with Crippen LogP contribution in [0.15, 0.2) is 80.8 Å². The topological polar surface area (TPSA) is 114 Å². The summed E-state index contributed by atoms with van der Waals surface area (Å²) in [5.74, 6) is 0.464. The van der Waals surface area contributed by atoms with Crippen LogP contribution < -0.4 is 11.3 Å². The molecule has 1 aliphatic carbocycles. The molecular formula is C34H34N4O4. The van der Waals surface area contributed by atoms with Crippen LogP contribution in [0.4, 0.5) is 0 Å². The van der Waals surface area contributed by atoms with Crippen LogP contribution in [0.1, 0.15) is 66.1 Å². The summed E-state index contributed by atoms with van der Waals surface area (Å²) in [6, 6.07) is 21.9. The van der Waals surface area contributed by atoms with Crippen molar-refractivity contribution in [3.63, 3.8) is 0 Å². The van der Waals surface area contributed by atoms with E-state index in [1.54, 1.807) is 4.57 Å². The molecule has 5 aromatic rings. The lowest BCUT2D eigenvalue weighted by molar-refractivity contribution is 0.180. The molecule has 214 valence electrons. The number of hydrogen-bond acceptors (Lipinski definition) is 6. The van der Waals surface area contributed by atoms with Gasteiger partial charge in [-0.25, -0.2) is 9.78 Å². The highest BCUT2D eigenvalue weighted by atomic mass is 16.5.